The van der Waals surface area contributed by atoms with Crippen LogP contribution in [-0.2, 0) is 4.74 Å². The molecule has 2 saturated carbocycles. The number of likely N-dealkylation sites (N-methyl/N-ethyl adjacent to an activating group) is 1. The van der Waals surface area contributed by atoms with Gasteiger partial charge in [-0.3, -0.25) is 0 Å². The Hall–Kier alpha value is -3.50. The lowest BCUT2D eigenvalue weighted by Gasteiger charge is -2.35. The van der Waals surface area contributed by atoms with E-state index in [0.29, 0.717) is 37.5 Å². The van der Waals surface area contributed by atoms with Gasteiger partial charge in [0.2, 0.25) is 0 Å². The zero-order chi connectivity index (χ0) is 30.3. The molecule has 0 spiro atoms. The molecule has 2 atom stereocenters. The number of nitrogen functional groups attached to an aromatic ring is 1. The molecule has 0 amide bonds. The summed E-state index contributed by atoms with van der Waals surface area (Å²) in [5.74, 6) is -0.527. The lowest BCUT2D eigenvalue weighted by atomic mass is 9.71. The molecule has 3 N–H and O–H groups in total. The molecule has 2 unspecified atom stereocenters. The molecule has 13 heteroatoms. The third-order valence-electron chi connectivity index (χ3n) is 9.55. The van der Waals surface area contributed by atoms with Crippen molar-refractivity contribution in [3.63, 3.8) is 0 Å². The van der Waals surface area contributed by atoms with Gasteiger partial charge in [-0.15, -0.1) is 11.3 Å². The molecule has 2 aromatic carbocycles. The van der Waals surface area contributed by atoms with Crippen LogP contribution in [0.15, 0.2) is 12.1 Å². The Kier molecular flexibility index (Phi) is 6.54. The standard InChI is InChI=1S/C31H29ClF2N6O3S/c1-37-6-7-40-14-2-3-15(8-14)43-26-22-25(38-30(39-29(22)40)42-13-31-9-16(10-31)41-12-31)24(34)21(23(26)32)17-4-5-19(33)27-20(17)18(11-35)28(36)44-27/h4-5,14-16,37H,2-3,6-10,12-13,36H2,1H3. The zero-order valence-corrected chi connectivity index (χ0v) is 25.5. The Labute approximate surface area is 260 Å². The normalized spacial score (nSPS) is 25.1. The summed E-state index contributed by atoms with van der Waals surface area (Å²) in [5, 5.41) is 13.9. The minimum atomic E-state index is -0.736. The Bertz CT molecular complexity index is 1890. The fourth-order valence-electron chi connectivity index (χ4n) is 7.34. The highest BCUT2D eigenvalue weighted by Gasteiger charge is 2.52. The summed E-state index contributed by atoms with van der Waals surface area (Å²) in [6, 6.07) is 4.90. The highest BCUT2D eigenvalue weighted by molar-refractivity contribution is 7.23. The van der Waals surface area contributed by atoms with Crippen molar-refractivity contribution in [2.75, 3.05) is 44.0 Å². The van der Waals surface area contributed by atoms with E-state index in [-0.39, 0.29) is 77.7 Å². The van der Waals surface area contributed by atoms with E-state index in [1.807, 2.05) is 7.05 Å². The quantitative estimate of drug-likeness (QED) is 0.259. The van der Waals surface area contributed by atoms with Crippen molar-refractivity contribution >= 4 is 54.7 Å². The third-order valence-corrected chi connectivity index (χ3v) is 10.9. The predicted molar refractivity (Wildman–Crippen MR) is 165 cm³/mol. The van der Waals surface area contributed by atoms with Gasteiger partial charge in [-0.25, -0.2) is 8.78 Å². The van der Waals surface area contributed by atoms with Crippen molar-refractivity contribution in [2.45, 2.75) is 50.4 Å². The van der Waals surface area contributed by atoms with Crippen molar-refractivity contribution in [3.05, 3.63) is 34.4 Å². The highest BCUT2D eigenvalue weighted by atomic mass is 35.5. The van der Waals surface area contributed by atoms with Crippen molar-refractivity contribution in [3.8, 4) is 29.0 Å². The zero-order valence-electron chi connectivity index (χ0n) is 23.9. The summed E-state index contributed by atoms with van der Waals surface area (Å²) in [4.78, 5) is 11.7. The number of hydrogen-bond donors (Lipinski definition) is 2. The number of fused-ring (bicyclic) bond motifs is 4. The van der Waals surface area contributed by atoms with Gasteiger partial charge in [0.15, 0.2) is 11.6 Å². The summed E-state index contributed by atoms with van der Waals surface area (Å²) < 4.78 is 50.7. The predicted octanol–water partition coefficient (Wildman–Crippen LogP) is 5.79. The van der Waals surface area contributed by atoms with E-state index in [1.165, 1.54) is 12.1 Å². The summed E-state index contributed by atoms with van der Waals surface area (Å²) in [5.41, 5.74) is 6.28. The average Bonchev–Trinajstić information content (AvgIpc) is 3.79. The monoisotopic (exact) mass is 638 g/mol. The fourth-order valence-corrected chi connectivity index (χ4v) is 8.62. The van der Waals surface area contributed by atoms with E-state index in [4.69, 9.17) is 36.5 Å². The molecule has 4 fully saturated rings. The van der Waals surface area contributed by atoms with E-state index >= 15 is 4.39 Å². The van der Waals surface area contributed by atoms with Crippen molar-refractivity contribution in [1.29, 1.82) is 5.26 Å². The van der Waals surface area contributed by atoms with Gasteiger partial charge in [0.1, 0.15) is 34.3 Å². The van der Waals surface area contributed by atoms with Gasteiger partial charge < -0.3 is 30.2 Å². The number of thiophene rings is 1. The smallest absolute Gasteiger partial charge is 0.319 e. The number of anilines is 2. The second-order valence-corrected chi connectivity index (χ2v) is 13.7. The lowest BCUT2D eigenvalue weighted by Crippen LogP contribution is -2.40. The van der Waals surface area contributed by atoms with Crippen LogP contribution in [0.4, 0.5) is 19.6 Å². The molecule has 2 saturated heterocycles. The molecule has 9 nitrogen and oxygen atoms in total. The number of rotatable bonds is 7. The fraction of sp³-hybridized carbons (Fsp3) is 0.452. The van der Waals surface area contributed by atoms with E-state index in [2.05, 4.69) is 21.3 Å². The van der Waals surface area contributed by atoms with Crippen LogP contribution in [0.2, 0.25) is 5.02 Å². The summed E-state index contributed by atoms with van der Waals surface area (Å²) in [6.45, 7) is 2.28. The SMILES string of the molecule is CNCCN1c2nc(OCC34COC(C3)C4)nc3c(F)c(-c4ccc(F)c5sc(N)c(C#N)c45)c(Cl)c(c23)OC2CCC1C2. The van der Waals surface area contributed by atoms with Crippen LogP contribution in [0.25, 0.3) is 32.1 Å². The number of nitrogens with one attached hydrogen (secondary N) is 1. The molecule has 3 aliphatic heterocycles. The van der Waals surface area contributed by atoms with E-state index < -0.39 is 11.6 Å². The van der Waals surface area contributed by atoms with Crippen molar-refractivity contribution in [2.24, 2.45) is 5.41 Å². The van der Waals surface area contributed by atoms with Crippen LogP contribution in [0, 0.1) is 28.4 Å². The lowest BCUT2D eigenvalue weighted by molar-refractivity contribution is 0.0785. The maximum Gasteiger partial charge on any atom is 0.319 e. The first-order valence-electron chi connectivity index (χ1n) is 14.8. The molecule has 4 aromatic rings. The highest BCUT2D eigenvalue weighted by Crippen LogP contribution is 2.53. The minimum Gasteiger partial charge on any atom is -0.488 e. The summed E-state index contributed by atoms with van der Waals surface area (Å²) in [7, 11) is 1.89. The van der Waals surface area contributed by atoms with Crippen LogP contribution in [0.5, 0.6) is 11.8 Å². The molecule has 2 aliphatic carbocycles. The van der Waals surface area contributed by atoms with Gasteiger partial charge in [0.25, 0.3) is 0 Å². The maximum absolute atomic E-state index is 17.1. The van der Waals surface area contributed by atoms with Gasteiger partial charge in [-0.05, 0) is 44.4 Å². The van der Waals surface area contributed by atoms with E-state index in [9.17, 15) is 9.65 Å². The molecule has 228 valence electrons. The van der Waals surface area contributed by atoms with Crippen LogP contribution in [0.1, 0.15) is 37.7 Å². The van der Waals surface area contributed by atoms with Gasteiger partial charge >= 0.3 is 6.01 Å². The number of nitrogens with zero attached hydrogens (tertiary/aromatic N) is 4. The second kappa shape index (κ2) is 10.3. The molecule has 2 aromatic heterocycles. The molecule has 44 heavy (non-hydrogen) atoms. The third kappa shape index (κ3) is 4.13. The average molecular weight is 639 g/mol. The van der Waals surface area contributed by atoms with Crippen LogP contribution >= 0.6 is 22.9 Å². The molecular weight excluding hydrogens is 610 g/mol. The van der Waals surface area contributed by atoms with Crippen LogP contribution in [-0.4, -0.2) is 61.6 Å². The molecule has 9 rings (SSSR count). The molecule has 4 bridgehead atoms. The first-order chi connectivity index (χ1) is 21.3. The second-order valence-electron chi connectivity index (χ2n) is 12.3. The Morgan fingerprint density at radius 1 is 1.25 bits per heavy atom. The molecular formula is C31H29ClF2N6O3S. The van der Waals surface area contributed by atoms with Crippen molar-refractivity contribution in [1.82, 2.24) is 15.3 Å². The number of benzene rings is 2. The number of nitriles is 1. The van der Waals surface area contributed by atoms with Crippen molar-refractivity contribution < 1.29 is 23.0 Å². The van der Waals surface area contributed by atoms with Gasteiger partial charge in [-0.2, -0.15) is 15.2 Å². The van der Waals surface area contributed by atoms with Crippen LogP contribution < -0.4 is 25.4 Å². The maximum atomic E-state index is 17.1. The molecule has 5 aliphatic rings. The number of aromatic nitrogens is 2. The molecule has 5 heterocycles. The summed E-state index contributed by atoms with van der Waals surface area (Å²) in [6.07, 6.45) is 4.38. The van der Waals surface area contributed by atoms with E-state index in [0.717, 1.165) is 43.4 Å². The first kappa shape index (κ1) is 28.0. The Morgan fingerprint density at radius 3 is 2.84 bits per heavy atom. The van der Waals surface area contributed by atoms with Gasteiger partial charge in [-0.1, -0.05) is 17.7 Å². The van der Waals surface area contributed by atoms with Crippen LogP contribution in [0.3, 0.4) is 0 Å². The number of hydrogen-bond acceptors (Lipinski definition) is 10. The Balaban J connectivity index is 1.39. The van der Waals surface area contributed by atoms with E-state index in [1.54, 1.807) is 0 Å². The topological polar surface area (TPSA) is 119 Å². The largest absolute Gasteiger partial charge is 0.488 e. The Morgan fingerprint density at radius 2 is 2.09 bits per heavy atom. The number of ether oxygens (including phenoxy) is 3. The number of halogens is 3. The van der Waals surface area contributed by atoms with Gasteiger partial charge in [0.05, 0.1) is 40.0 Å². The molecule has 0 radical (unpaired) electrons. The first-order valence-corrected chi connectivity index (χ1v) is 16.0. The van der Waals surface area contributed by atoms with Gasteiger partial charge in [0, 0.05) is 41.9 Å². The number of nitrogens with two attached hydrogens (primary N) is 1. The minimum absolute atomic E-state index is 0.0107. The summed E-state index contributed by atoms with van der Waals surface area (Å²) >= 11 is 8.04.